The van der Waals surface area contributed by atoms with Gasteiger partial charge < -0.3 is 0 Å². The fraction of sp³-hybridized carbons (Fsp3) is 0.600. The van der Waals surface area contributed by atoms with E-state index in [2.05, 4.69) is 12.6 Å². The van der Waals surface area contributed by atoms with E-state index in [4.69, 9.17) is 0 Å². The lowest BCUT2D eigenvalue weighted by Crippen LogP contribution is -2.35. The van der Waals surface area contributed by atoms with Crippen LogP contribution in [0.5, 0.6) is 0 Å². The topological polar surface area (TPSA) is 37.4 Å². The summed E-state index contributed by atoms with van der Waals surface area (Å²) in [7, 11) is 0. The Morgan fingerprint density at radius 1 is 1.14 bits per heavy atom. The van der Waals surface area contributed by atoms with Crippen LogP contribution in [0.1, 0.15) is 25.7 Å². The van der Waals surface area contributed by atoms with Gasteiger partial charge in [0.15, 0.2) is 0 Å². The quantitative estimate of drug-likeness (QED) is 0.437. The first-order valence-corrected chi connectivity index (χ1v) is 5.48. The Bertz CT molecular complexity index is 233. The Morgan fingerprint density at radius 2 is 1.71 bits per heavy atom. The molecule has 0 spiro atoms. The first-order valence-electron chi connectivity index (χ1n) is 4.84. The molecule has 1 aliphatic heterocycles. The summed E-state index contributed by atoms with van der Waals surface area (Å²) >= 11 is 4.01. The summed E-state index contributed by atoms with van der Waals surface area (Å²) in [6, 6.07) is 0. The molecule has 1 rings (SSSR count). The van der Waals surface area contributed by atoms with Gasteiger partial charge in [-0.05, 0) is 12.8 Å². The van der Waals surface area contributed by atoms with Crippen molar-refractivity contribution in [2.24, 2.45) is 0 Å². The normalized spacial score (nSPS) is 19.1. The van der Waals surface area contributed by atoms with Crippen LogP contribution in [0.15, 0.2) is 12.2 Å². The Labute approximate surface area is 89.6 Å². The largest absolute Gasteiger partial charge is 0.279 e. The monoisotopic (exact) mass is 213 g/mol. The average Bonchev–Trinajstić information content (AvgIpc) is 2.32. The molecule has 0 aromatic carbocycles. The summed E-state index contributed by atoms with van der Waals surface area (Å²) < 4.78 is 0. The number of hydrogen-bond acceptors (Lipinski definition) is 3. The van der Waals surface area contributed by atoms with Crippen molar-refractivity contribution >= 4 is 24.4 Å². The number of thiol groups is 1. The summed E-state index contributed by atoms with van der Waals surface area (Å²) in [6.45, 7) is 0.401. The number of hydrogen-bond donors (Lipinski definition) is 1. The van der Waals surface area contributed by atoms with Crippen molar-refractivity contribution in [3.8, 4) is 0 Å². The van der Waals surface area contributed by atoms with Crippen LogP contribution in [0.2, 0.25) is 0 Å². The highest BCUT2D eigenvalue weighted by Crippen LogP contribution is 2.12. The molecule has 0 saturated carbocycles. The summed E-state index contributed by atoms with van der Waals surface area (Å²) in [4.78, 5) is 24.3. The molecule has 14 heavy (non-hydrogen) atoms. The Hall–Kier alpha value is -0.770. The predicted molar refractivity (Wildman–Crippen MR) is 58.2 cm³/mol. The molecular weight excluding hydrogens is 198 g/mol. The van der Waals surface area contributed by atoms with E-state index in [1.807, 2.05) is 12.2 Å². The number of likely N-dealkylation sites (tertiary alicyclic amines) is 1. The maximum absolute atomic E-state index is 11.5. The standard InChI is InChI=1S/C10H15NO2S/c12-9-5-1-2-6-10(13)11(9)7-3-4-8-14/h3-4,14H,1-2,5-8H2. The maximum atomic E-state index is 11.5. The van der Waals surface area contributed by atoms with Crippen LogP contribution in [0.25, 0.3) is 0 Å². The van der Waals surface area contributed by atoms with Crippen molar-refractivity contribution in [2.75, 3.05) is 12.3 Å². The highest BCUT2D eigenvalue weighted by atomic mass is 32.1. The number of carbonyl (C=O) groups is 2. The number of rotatable bonds is 3. The number of amides is 2. The van der Waals surface area contributed by atoms with Crippen LogP contribution < -0.4 is 0 Å². The van der Waals surface area contributed by atoms with E-state index in [-0.39, 0.29) is 11.8 Å². The van der Waals surface area contributed by atoms with Gasteiger partial charge in [-0.3, -0.25) is 14.5 Å². The molecule has 4 heteroatoms. The van der Waals surface area contributed by atoms with E-state index < -0.39 is 0 Å². The summed E-state index contributed by atoms with van der Waals surface area (Å²) in [6.07, 6.45) is 6.32. The highest BCUT2D eigenvalue weighted by Gasteiger charge is 2.22. The highest BCUT2D eigenvalue weighted by molar-refractivity contribution is 7.80. The molecule has 1 aliphatic rings. The molecule has 0 aromatic heterocycles. The van der Waals surface area contributed by atoms with E-state index in [1.54, 1.807) is 0 Å². The Balaban J connectivity index is 2.56. The average molecular weight is 213 g/mol. The van der Waals surface area contributed by atoms with Gasteiger partial charge in [0.05, 0.1) is 0 Å². The van der Waals surface area contributed by atoms with Crippen molar-refractivity contribution in [2.45, 2.75) is 25.7 Å². The van der Waals surface area contributed by atoms with Crippen LogP contribution in [-0.4, -0.2) is 29.0 Å². The van der Waals surface area contributed by atoms with Crippen molar-refractivity contribution in [3.63, 3.8) is 0 Å². The van der Waals surface area contributed by atoms with Gasteiger partial charge in [0.1, 0.15) is 0 Å². The second-order valence-electron chi connectivity index (χ2n) is 3.26. The van der Waals surface area contributed by atoms with E-state index in [0.717, 1.165) is 12.8 Å². The molecule has 1 heterocycles. The van der Waals surface area contributed by atoms with Crippen molar-refractivity contribution < 1.29 is 9.59 Å². The lowest BCUT2D eigenvalue weighted by atomic mass is 10.2. The van der Waals surface area contributed by atoms with Gasteiger partial charge in [-0.2, -0.15) is 12.6 Å². The third-order valence-corrected chi connectivity index (χ3v) is 2.40. The fourth-order valence-electron chi connectivity index (χ4n) is 1.42. The molecule has 0 N–H and O–H groups in total. The minimum Gasteiger partial charge on any atom is -0.279 e. The fourth-order valence-corrected chi connectivity index (χ4v) is 1.57. The smallest absolute Gasteiger partial charge is 0.229 e. The summed E-state index contributed by atoms with van der Waals surface area (Å²) in [5.74, 6) is 0.545. The second kappa shape index (κ2) is 5.86. The van der Waals surface area contributed by atoms with Gasteiger partial charge in [-0.25, -0.2) is 0 Å². The van der Waals surface area contributed by atoms with Gasteiger partial charge in [0, 0.05) is 25.1 Å². The van der Waals surface area contributed by atoms with Crippen LogP contribution in [-0.2, 0) is 9.59 Å². The van der Waals surface area contributed by atoms with E-state index >= 15 is 0 Å². The Kier molecular flexibility index (Phi) is 4.73. The summed E-state index contributed by atoms with van der Waals surface area (Å²) in [5.41, 5.74) is 0. The number of imide groups is 1. The van der Waals surface area contributed by atoms with Gasteiger partial charge in [0.25, 0.3) is 0 Å². The minimum atomic E-state index is -0.0451. The predicted octanol–water partition coefficient (Wildman–Crippen LogP) is 1.40. The van der Waals surface area contributed by atoms with Gasteiger partial charge in [-0.15, -0.1) is 0 Å². The SMILES string of the molecule is O=C1CCCCC(=O)N1CC=CCS. The van der Waals surface area contributed by atoms with Crippen LogP contribution in [0.3, 0.4) is 0 Å². The molecule has 1 fully saturated rings. The molecule has 0 radical (unpaired) electrons. The lowest BCUT2D eigenvalue weighted by molar-refractivity contribution is -0.143. The molecule has 0 bridgehead atoms. The molecular formula is C10H15NO2S. The zero-order valence-corrected chi connectivity index (χ0v) is 9.00. The maximum Gasteiger partial charge on any atom is 0.229 e. The summed E-state index contributed by atoms with van der Waals surface area (Å²) in [5, 5.41) is 0. The second-order valence-corrected chi connectivity index (χ2v) is 3.62. The van der Waals surface area contributed by atoms with E-state index in [1.165, 1.54) is 4.90 Å². The Morgan fingerprint density at radius 3 is 2.21 bits per heavy atom. The number of nitrogens with zero attached hydrogens (tertiary/aromatic N) is 1. The van der Waals surface area contributed by atoms with Crippen molar-refractivity contribution in [1.82, 2.24) is 4.90 Å². The zero-order valence-electron chi connectivity index (χ0n) is 8.11. The van der Waals surface area contributed by atoms with Crippen LogP contribution >= 0.6 is 12.6 Å². The van der Waals surface area contributed by atoms with Gasteiger partial charge in [-0.1, -0.05) is 12.2 Å². The molecule has 0 aromatic rings. The van der Waals surface area contributed by atoms with Crippen molar-refractivity contribution in [3.05, 3.63) is 12.2 Å². The van der Waals surface area contributed by atoms with E-state index in [0.29, 0.717) is 25.1 Å². The molecule has 3 nitrogen and oxygen atoms in total. The van der Waals surface area contributed by atoms with Gasteiger partial charge >= 0.3 is 0 Å². The van der Waals surface area contributed by atoms with Crippen LogP contribution in [0.4, 0.5) is 0 Å². The van der Waals surface area contributed by atoms with Crippen LogP contribution in [0, 0.1) is 0 Å². The lowest BCUT2D eigenvalue weighted by Gasteiger charge is -2.15. The number of carbonyl (C=O) groups excluding carboxylic acids is 2. The minimum absolute atomic E-state index is 0.0451. The first kappa shape index (κ1) is 11.3. The molecule has 0 aliphatic carbocycles. The molecule has 78 valence electrons. The van der Waals surface area contributed by atoms with Gasteiger partial charge in [0.2, 0.25) is 11.8 Å². The molecule has 0 unspecified atom stereocenters. The third kappa shape index (κ3) is 3.18. The van der Waals surface area contributed by atoms with Crippen molar-refractivity contribution in [1.29, 1.82) is 0 Å². The zero-order chi connectivity index (χ0) is 10.4. The van der Waals surface area contributed by atoms with E-state index in [9.17, 15) is 9.59 Å². The molecule has 0 atom stereocenters. The molecule has 2 amide bonds. The third-order valence-electron chi connectivity index (χ3n) is 2.19. The molecule has 1 saturated heterocycles. The first-order chi connectivity index (χ1) is 6.75.